The number of hydrogen-bond donors (Lipinski definition) is 1. The largest absolute Gasteiger partial charge is 0.478 e. The molecule has 0 aliphatic carbocycles. The Labute approximate surface area is 151 Å². The summed E-state index contributed by atoms with van der Waals surface area (Å²) in [7, 11) is 1.33. The van der Waals surface area contributed by atoms with Crippen molar-refractivity contribution in [3.8, 4) is 22.4 Å². The number of rotatable bonds is 4. The highest BCUT2D eigenvalue weighted by Gasteiger charge is 2.29. The zero-order valence-electron chi connectivity index (χ0n) is 14.3. The van der Waals surface area contributed by atoms with Crippen molar-refractivity contribution in [2.45, 2.75) is 13.3 Å². The lowest BCUT2D eigenvalue weighted by atomic mass is 9.94. The maximum absolute atomic E-state index is 14.0. The van der Waals surface area contributed by atoms with Gasteiger partial charge in [-0.3, -0.25) is 4.68 Å². The monoisotopic (exact) mass is 378 g/mol. The van der Waals surface area contributed by atoms with Crippen LogP contribution in [0.5, 0.6) is 0 Å². The fraction of sp³-hybridized carbons (Fsp3) is 0.158. The lowest BCUT2D eigenvalue weighted by Gasteiger charge is -2.12. The SMILES string of the molecule is Cc1c(F)cc(-c2ccccc2-c2c(C(=O)O)c(C(F)F)nn2C)cc1F. The van der Waals surface area contributed by atoms with Crippen molar-refractivity contribution in [2.75, 3.05) is 0 Å². The Morgan fingerprint density at radius 2 is 1.67 bits per heavy atom. The molecule has 0 bridgehead atoms. The Morgan fingerprint density at radius 1 is 1.11 bits per heavy atom. The molecule has 0 spiro atoms. The Hall–Kier alpha value is -3.16. The number of hydrogen-bond acceptors (Lipinski definition) is 2. The maximum atomic E-state index is 14.0. The number of alkyl halides is 2. The van der Waals surface area contributed by atoms with Gasteiger partial charge in [0.1, 0.15) is 22.9 Å². The van der Waals surface area contributed by atoms with Crippen LogP contribution in [0, 0.1) is 18.6 Å². The third-order valence-electron chi connectivity index (χ3n) is 4.27. The average Bonchev–Trinajstić information content (AvgIpc) is 2.97. The van der Waals surface area contributed by atoms with Gasteiger partial charge in [-0.25, -0.2) is 22.4 Å². The molecule has 8 heteroatoms. The van der Waals surface area contributed by atoms with E-state index in [4.69, 9.17) is 0 Å². The van der Waals surface area contributed by atoms with Crippen molar-refractivity contribution in [1.29, 1.82) is 0 Å². The van der Waals surface area contributed by atoms with Gasteiger partial charge in [0.15, 0.2) is 0 Å². The van der Waals surface area contributed by atoms with Crippen molar-refractivity contribution in [2.24, 2.45) is 7.05 Å². The van der Waals surface area contributed by atoms with E-state index in [2.05, 4.69) is 5.10 Å². The summed E-state index contributed by atoms with van der Waals surface area (Å²) >= 11 is 0. The van der Waals surface area contributed by atoms with E-state index in [1.807, 2.05) is 0 Å². The molecular formula is C19H14F4N2O2. The summed E-state index contributed by atoms with van der Waals surface area (Å²) in [6.07, 6.45) is -3.09. The van der Waals surface area contributed by atoms with Crippen LogP contribution in [0.2, 0.25) is 0 Å². The molecule has 1 heterocycles. The predicted molar refractivity (Wildman–Crippen MR) is 90.6 cm³/mol. The van der Waals surface area contributed by atoms with Crippen LogP contribution in [0.1, 0.15) is 28.0 Å². The molecule has 0 atom stereocenters. The van der Waals surface area contributed by atoms with Crippen LogP contribution in [0.15, 0.2) is 36.4 Å². The second-order valence-electron chi connectivity index (χ2n) is 5.95. The highest BCUT2D eigenvalue weighted by molar-refractivity contribution is 5.99. The molecule has 4 nitrogen and oxygen atoms in total. The minimum atomic E-state index is -3.09. The number of carbonyl (C=O) groups is 1. The van der Waals surface area contributed by atoms with E-state index >= 15 is 0 Å². The summed E-state index contributed by atoms with van der Waals surface area (Å²) in [4.78, 5) is 11.6. The van der Waals surface area contributed by atoms with E-state index in [9.17, 15) is 27.5 Å². The van der Waals surface area contributed by atoms with Gasteiger partial charge in [-0.05, 0) is 30.2 Å². The van der Waals surface area contributed by atoms with Crippen molar-refractivity contribution >= 4 is 5.97 Å². The first-order chi connectivity index (χ1) is 12.7. The Kier molecular flexibility index (Phi) is 4.73. The third-order valence-corrected chi connectivity index (χ3v) is 4.27. The molecule has 1 N–H and O–H groups in total. The lowest BCUT2D eigenvalue weighted by Crippen LogP contribution is -2.04. The molecule has 3 aromatic rings. The van der Waals surface area contributed by atoms with Gasteiger partial charge in [-0.15, -0.1) is 0 Å². The van der Waals surface area contributed by atoms with E-state index in [0.29, 0.717) is 5.56 Å². The fourth-order valence-corrected chi connectivity index (χ4v) is 2.96. The number of nitrogens with zero attached hydrogens (tertiary/aromatic N) is 2. The summed E-state index contributed by atoms with van der Waals surface area (Å²) < 4.78 is 55.5. The first kappa shape index (κ1) is 18.6. The quantitative estimate of drug-likeness (QED) is 0.652. The molecule has 1 aromatic heterocycles. The number of benzene rings is 2. The van der Waals surface area contributed by atoms with Crippen LogP contribution < -0.4 is 0 Å². The van der Waals surface area contributed by atoms with Gasteiger partial charge in [0.25, 0.3) is 6.43 Å². The molecule has 140 valence electrons. The zero-order valence-corrected chi connectivity index (χ0v) is 14.3. The van der Waals surface area contributed by atoms with Gasteiger partial charge in [-0.2, -0.15) is 5.10 Å². The predicted octanol–water partition coefficient (Wildman–Crippen LogP) is 4.98. The summed E-state index contributed by atoms with van der Waals surface area (Å²) in [6, 6.07) is 8.41. The summed E-state index contributed by atoms with van der Waals surface area (Å²) in [5.41, 5.74) is -1.06. The second-order valence-corrected chi connectivity index (χ2v) is 5.95. The molecule has 0 aliphatic heterocycles. The number of halogens is 4. The zero-order chi connectivity index (χ0) is 19.9. The van der Waals surface area contributed by atoms with Crippen molar-refractivity contribution in [3.63, 3.8) is 0 Å². The van der Waals surface area contributed by atoms with Crippen molar-refractivity contribution in [3.05, 3.63) is 64.9 Å². The fourth-order valence-electron chi connectivity index (χ4n) is 2.96. The first-order valence-electron chi connectivity index (χ1n) is 7.86. The molecule has 0 saturated carbocycles. The van der Waals surface area contributed by atoms with Crippen LogP contribution in [0.25, 0.3) is 22.4 Å². The van der Waals surface area contributed by atoms with Crippen LogP contribution in [-0.2, 0) is 7.05 Å². The van der Waals surface area contributed by atoms with Crippen molar-refractivity contribution < 1.29 is 27.5 Å². The third kappa shape index (κ3) is 3.18. The molecule has 0 saturated heterocycles. The highest BCUT2D eigenvalue weighted by Crippen LogP contribution is 2.37. The number of aromatic carboxylic acids is 1. The molecule has 0 unspecified atom stereocenters. The molecule has 0 aliphatic rings. The van der Waals surface area contributed by atoms with E-state index in [0.717, 1.165) is 16.8 Å². The summed E-state index contributed by atoms with van der Waals surface area (Å²) in [6.45, 7) is 1.29. The van der Waals surface area contributed by atoms with Crippen LogP contribution in [0.4, 0.5) is 17.6 Å². The van der Waals surface area contributed by atoms with E-state index in [-0.39, 0.29) is 22.4 Å². The van der Waals surface area contributed by atoms with Gasteiger partial charge in [0, 0.05) is 18.2 Å². The lowest BCUT2D eigenvalue weighted by molar-refractivity contribution is 0.0685. The Balaban J connectivity index is 2.32. The Bertz CT molecular complexity index is 1020. The standard InChI is InChI=1S/C19H14F4N2O2/c1-9-13(20)7-10(8-14(9)21)11-5-3-4-6-12(11)17-15(19(26)27)16(18(22)23)24-25(17)2/h3-8,18H,1-2H3,(H,26,27). The highest BCUT2D eigenvalue weighted by atomic mass is 19.3. The first-order valence-corrected chi connectivity index (χ1v) is 7.86. The van der Waals surface area contributed by atoms with Gasteiger partial charge in [-0.1, -0.05) is 24.3 Å². The molecule has 3 rings (SSSR count). The van der Waals surface area contributed by atoms with Gasteiger partial charge < -0.3 is 5.11 Å². The maximum Gasteiger partial charge on any atom is 0.340 e. The molecule has 27 heavy (non-hydrogen) atoms. The minimum Gasteiger partial charge on any atom is -0.478 e. The van der Waals surface area contributed by atoms with Gasteiger partial charge >= 0.3 is 5.97 Å². The van der Waals surface area contributed by atoms with Crippen LogP contribution in [-0.4, -0.2) is 20.9 Å². The van der Waals surface area contributed by atoms with E-state index in [1.165, 1.54) is 26.1 Å². The summed E-state index contributed by atoms with van der Waals surface area (Å²) in [5.74, 6) is -3.10. The molecule has 0 radical (unpaired) electrons. The number of aryl methyl sites for hydroxylation is 1. The van der Waals surface area contributed by atoms with E-state index in [1.54, 1.807) is 12.1 Å². The number of aromatic nitrogens is 2. The minimum absolute atomic E-state index is 0.0743. The average molecular weight is 378 g/mol. The van der Waals surface area contributed by atoms with Crippen LogP contribution in [0.3, 0.4) is 0 Å². The number of carboxylic acids is 1. The smallest absolute Gasteiger partial charge is 0.340 e. The molecule has 0 amide bonds. The number of carboxylic acid groups (broad SMARTS) is 1. The van der Waals surface area contributed by atoms with Gasteiger partial charge in [0.2, 0.25) is 0 Å². The normalized spacial score (nSPS) is 11.2. The van der Waals surface area contributed by atoms with Crippen molar-refractivity contribution in [1.82, 2.24) is 9.78 Å². The Morgan fingerprint density at radius 3 is 2.19 bits per heavy atom. The second kappa shape index (κ2) is 6.86. The van der Waals surface area contributed by atoms with E-state index < -0.39 is 35.3 Å². The van der Waals surface area contributed by atoms with Gasteiger partial charge in [0.05, 0.1) is 5.69 Å². The topological polar surface area (TPSA) is 55.1 Å². The molecule has 2 aromatic carbocycles. The van der Waals surface area contributed by atoms with Crippen LogP contribution >= 0.6 is 0 Å². The molecular weight excluding hydrogens is 364 g/mol. The summed E-state index contributed by atoms with van der Waals surface area (Å²) in [5, 5.41) is 13.1. The molecule has 0 fully saturated rings.